The summed E-state index contributed by atoms with van der Waals surface area (Å²) in [7, 11) is 0. The predicted octanol–water partition coefficient (Wildman–Crippen LogP) is 2.21. The predicted molar refractivity (Wildman–Crippen MR) is 9.11 cm³/mol. The van der Waals surface area contributed by atoms with Gasteiger partial charge in [0.25, 0.3) is 0 Å². The van der Waals surface area contributed by atoms with Gasteiger partial charge < -0.3 is 0 Å². The van der Waals surface area contributed by atoms with Crippen LogP contribution in [0.5, 0.6) is 0 Å². The first-order chi connectivity index (χ1) is 3.43. The fraction of sp³-hybridized carbons (Fsp3) is 0. The fourth-order valence-electron chi connectivity index (χ4n) is 0. The van der Waals surface area contributed by atoms with Crippen LogP contribution in [-0.2, 0) is 24.9 Å². The Bertz CT molecular complexity index is 372. The molecule has 10 heavy (non-hydrogen) atoms. The van der Waals surface area contributed by atoms with E-state index in [-0.39, 0.29) is 3.45 Å². The zero-order chi connectivity index (χ0) is 9.06. The molecule has 0 amide bonds. The molecule has 0 aromatic heterocycles. The van der Waals surface area contributed by atoms with Crippen molar-refractivity contribution in [2.24, 2.45) is 0 Å². The summed E-state index contributed by atoms with van der Waals surface area (Å²) in [5.41, 5.74) is 0. The van der Waals surface area contributed by atoms with Crippen LogP contribution in [0.1, 0.15) is 0 Å². The average Bonchev–Trinajstić information content (AvgIpc) is 1.25. The molecule has 0 aromatic carbocycles. The van der Waals surface area contributed by atoms with Crippen LogP contribution in [0, 0.1) is 0 Å². The second kappa shape index (κ2) is 0.661. The van der Waals surface area contributed by atoms with Crippen molar-refractivity contribution in [2.45, 2.75) is 0 Å². The molecule has 0 spiro atoms. The van der Waals surface area contributed by atoms with Crippen LogP contribution in [0.2, 0.25) is 0 Å². The molecule has 0 atom stereocenters. The second-order valence-corrected chi connectivity index (χ2v) is 16.1. The number of hydrogen-bond acceptors (Lipinski definition) is 3. The molecule has 65 valence electrons. The number of rotatable bonds is 1. The summed E-state index contributed by atoms with van der Waals surface area (Å²) in [6.45, 7) is 0. The van der Waals surface area contributed by atoms with Gasteiger partial charge in [0, 0.05) is 0 Å². The van der Waals surface area contributed by atoms with Crippen molar-refractivity contribution in [1.29, 1.82) is 0 Å². The molecule has 0 fully saturated rings. The van der Waals surface area contributed by atoms with Gasteiger partial charge in [0.2, 0.25) is 0 Å². The summed E-state index contributed by atoms with van der Waals surface area (Å²) in [5.74, 6) is 0. The van der Waals surface area contributed by atoms with Gasteiger partial charge in [0.15, 0.2) is 0 Å². The minimum absolute atomic E-state index is 0.0764. The molecule has 0 bridgehead atoms. The van der Waals surface area contributed by atoms with Gasteiger partial charge in [-0.25, -0.2) is 0 Å². The van der Waals surface area contributed by atoms with Crippen LogP contribution in [-0.4, -0.2) is 0 Å². The van der Waals surface area contributed by atoms with E-state index in [4.69, 9.17) is 6.50 Å². The van der Waals surface area contributed by atoms with Crippen LogP contribution in [0.15, 0.2) is 0 Å². The van der Waals surface area contributed by atoms with E-state index in [1.165, 1.54) is 0 Å². The standard InChI is InChI=1S/FO.5FH.2O.Ta/c1-2;;;;;;;;/h;5*1H;;;/q-1;;;;;;;;+6/p-5. The summed E-state index contributed by atoms with van der Waals surface area (Å²) in [5, 5.41) is 0. The quantitative estimate of drug-likeness (QED) is 0.686. The molecule has 0 heterocycles. The van der Waals surface area contributed by atoms with Gasteiger partial charge in [-0.2, -0.15) is 0 Å². The summed E-state index contributed by atoms with van der Waals surface area (Å²) < 4.78 is 80.4. The Morgan fingerprint density at radius 3 is 1.00 bits per heavy atom. The number of hydrogen-bond donors (Lipinski definition) is 0. The van der Waals surface area contributed by atoms with Gasteiger partial charge >= 0.3 is 44.6 Å². The Morgan fingerprint density at radius 1 is 0.900 bits per heavy atom. The van der Waals surface area contributed by atoms with Gasteiger partial charge in [-0.1, -0.05) is 0 Å². The maximum atomic E-state index is 10.7. The van der Waals surface area contributed by atoms with Gasteiger partial charge in [-0.05, 0) is 0 Å². The van der Waals surface area contributed by atoms with E-state index in [9.17, 15) is 19.6 Å². The molecule has 0 saturated heterocycles. The van der Waals surface area contributed by atoms with Gasteiger partial charge in [0.05, 0.1) is 0 Å². The zero-order valence-corrected chi connectivity index (χ0v) is 7.15. The van der Waals surface area contributed by atoms with Crippen molar-refractivity contribution in [2.75, 3.05) is 0 Å². The molecular formula is F6O3Ta. The number of halogens is 6. The molecule has 0 rings (SSSR count). The van der Waals surface area contributed by atoms with E-state index in [0.717, 1.165) is 0 Å². The summed E-state index contributed by atoms with van der Waals surface area (Å²) in [6.07, 6.45) is 0. The minimum atomic E-state index is -14.7. The van der Waals surface area contributed by atoms with Gasteiger partial charge in [0.1, 0.15) is 0 Å². The van der Waals surface area contributed by atoms with Crippen molar-refractivity contribution < 1.29 is 44.6 Å². The molecule has 0 aliphatic carbocycles. The van der Waals surface area contributed by atoms with Crippen molar-refractivity contribution in [3.05, 3.63) is 0 Å². The summed E-state index contributed by atoms with van der Waals surface area (Å²) >= 11 is -14.7. The van der Waals surface area contributed by atoms with E-state index in [1.807, 2.05) is 0 Å². The fourth-order valence-corrected chi connectivity index (χ4v) is 0. The Kier molecular flexibility index (Phi) is 0.653. The van der Waals surface area contributed by atoms with Crippen LogP contribution in [0.3, 0.4) is 0 Å². The third-order valence-corrected chi connectivity index (χ3v) is 1.53. The average molecular weight is 343 g/mol. The van der Waals surface area contributed by atoms with Crippen molar-refractivity contribution in [3.63, 3.8) is 0 Å². The molecular weight excluding hydrogens is 343 g/mol. The van der Waals surface area contributed by atoms with E-state index in [0.29, 0.717) is 0 Å². The molecule has 0 unspecified atom stereocenters. The molecule has 0 N–H and O–H groups in total. The third-order valence-electron chi connectivity index (χ3n) is 0.187. The first-order valence-corrected chi connectivity index (χ1v) is 11.6. The van der Waals surface area contributed by atoms with Crippen molar-refractivity contribution in [1.82, 2.24) is 0 Å². The topological polar surface area (TPSA) is 43.4 Å². The molecule has 0 aromatic rings. The van der Waals surface area contributed by atoms with Gasteiger partial charge in [-0.15, -0.1) is 0 Å². The Balaban J connectivity index is 6.56. The monoisotopic (exact) mass is 343 g/mol. The van der Waals surface area contributed by atoms with E-state index in [1.54, 1.807) is 0 Å². The van der Waals surface area contributed by atoms with Crippen LogP contribution in [0.4, 0.5) is 19.6 Å². The zero-order valence-electron chi connectivity index (χ0n) is 3.94. The first kappa shape index (κ1) is 9.88. The molecule has 0 aliphatic rings. The Labute approximate surface area is 45.3 Å². The second-order valence-electron chi connectivity index (χ2n) is 1.97. The van der Waals surface area contributed by atoms with Crippen molar-refractivity contribution >= 4 is 0 Å². The van der Waals surface area contributed by atoms with Crippen molar-refractivity contribution in [3.8, 4) is 0 Å². The van der Waals surface area contributed by atoms with Crippen LogP contribution >= 0.6 is 0 Å². The van der Waals surface area contributed by atoms with Crippen LogP contribution in [0.25, 0.3) is 0 Å². The Morgan fingerprint density at radius 2 is 1.00 bits per heavy atom. The molecule has 3 nitrogen and oxygen atoms in total. The van der Waals surface area contributed by atoms with E-state index < -0.39 is 15.0 Å². The van der Waals surface area contributed by atoms with Crippen LogP contribution < -0.4 is 0 Å². The van der Waals surface area contributed by atoms with E-state index in [2.05, 4.69) is 0 Å². The Hall–Kier alpha value is -0.120. The summed E-state index contributed by atoms with van der Waals surface area (Å²) in [6, 6.07) is 0. The molecule has 0 saturated carbocycles. The normalized spacial score (nSPS) is 29.0. The molecule has 10 heteroatoms. The van der Waals surface area contributed by atoms with E-state index >= 15 is 0 Å². The third kappa shape index (κ3) is 7.88. The molecule has 0 radical (unpaired) electrons. The maximum absolute atomic E-state index is 14.7. The SMILES string of the molecule is [O]=[Ta](=[O])([F])([F])([F])([F])([F])[O]F. The first-order valence-electron chi connectivity index (χ1n) is 1.55. The molecule has 0 aliphatic heterocycles. The van der Waals surface area contributed by atoms with Gasteiger partial charge in [-0.3, -0.25) is 0 Å². The summed E-state index contributed by atoms with van der Waals surface area (Å²) in [4.78, 5) is 0.